The van der Waals surface area contributed by atoms with E-state index in [0.717, 1.165) is 9.80 Å². The highest BCUT2D eigenvalue weighted by molar-refractivity contribution is 7.80. The molecule has 0 saturated carbocycles. The molecule has 26 nitrogen and oxygen atoms in total. The molecule has 392 valence electrons. The third kappa shape index (κ3) is 14.8. The monoisotopic (exact) mass is 1040 g/mol. The zero-order chi connectivity index (χ0) is 52.8. The van der Waals surface area contributed by atoms with Crippen molar-refractivity contribution in [3.8, 4) is 5.75 Å². The number of hydrogen-bond donors (Lipinski definition) is 13. The van der Waals surface area contributed by atoms with E-state index in [0.29, 0.717) is 24.1 Å². The molecule has 28 heteroatoms. The van der Waals surface area contributed by atoms with Gasteiger partial charge in [0.05, 0.1) is 25.2 Å². The number of carbonyl (C=O) groups excluding carboxylic acids is 10. The number of phenolic OH excluding ortho intramolecular Hbond substituents is 1. The summed E-state index contributed by atoms with van der Waals surface area (Å²) < 4.78 is 0. The molecule has 3 saturated heterocycles. The molecule has 5 rings (SSSR count). The van der Waals surface area contributed by atoms with Crippen molar-refractivity contribution < 1.29 is 63.0 Å². The van der Waals surface area contributed by atoms with Gasteiger partial charge in [0.1, 0.15) is 54.1 Å². The zero-order valence-corrected chi connectivity index (χ0v) is 40.9. The number of rotatable bonds is 24. The van der Waals surface area contributed by atoms with Gasteiger partial charge in [0, 0.05) is 55.9 Å². The number of hydrogen-bond acceptors (Lipinski definition) is 16. The first-order valence-electron chi connectivity index (χ1n) is 23.2. The Balaban J connectivity index is 1.32. The van der Waals surface area contributed by atoms with E-state index in [-0.39, 0.29) is 75.4 Å². The van der Waals surface area contributed by atoms with Crippen LogP contribution in [-0.4, -0.2) is 185 Å². The maximum atomic E-state index is 14.3. The smallest absolute Gasteiger partial charge is 0.327 e. The molecule has 4 heterocycles. The van der Waals surface area contributed by atoms with E-state index in [1.807, 2.05) is 0 Å². The molecule has 3 aliphatic heterocycles. The number of aliphatic carboxylic acids is 1. The van der Waals surface area contributed by atoms with Gasteiger partial charge in [0.25, 0.3) is 0 Å². The number of benzene rings is 1. The molecule has 3 aliphatic rings. The average Bonchev–Trinajstić information content (AvgIpc) is 4.20. The van der Waals surface area contributed by atoms with E-state index in [1.165, 1.54) is 41.7 Å². The lowest BCUT2D eigenvalue weighted by atomic mass is 10.0. The minimum atomic E-state index is -1.69. The predicted octanol–water partition coefficient (Wildman–Crippen LogP) is -4.68. The van der Waals surface area contributed by atoms with Crippen LogP contribution in [0, 0.1) is 0 Å². The molecule has 2 aromatic rings. The largest absolute Gasteiger partial charge is 0.508 e. The van der Waals surface area contributed by atoms with Crippen LogP contribution in [0.3, 0.4) is 0 Å². The van der Waals surface area contributed by atoms with Crippen LogP contribution in [0.15, 0.2) is 36.8 Å². The maximum Gasteiger partial charge on any atom is 0.327 e. The highest BCUT2D eigenvalue weighted by Crippen LogP contribution is 2.24. The Morgan fingerprint density at radius 2 is 1.06 bits per heavy atom. The van der Waals surface area contributed by atoms with E-state index < -0.39 is 132 Å². The molecule has 0 radical (unpaired) electrons. The number of aromatic hydroxyl groups is 1. The Kier molecular flexibility index (Phi) is 20.2. The number of H-pyrrole nitrogens is 1. The van der Waals surface area contributed by atoms with Crippen molar-refractivity contribution >= 4 is 90.3 Å². The number of phenols is 1. The van der Waals surface area contributed by atoms with Gasteiger partial charge in [-0.25, -0.2) is 9.78 Å². The highest BCUT2D eigenvalue weighted by atomic mass is 32.1. The number of aromatic nitrogens is 2. The fraction of sp³-hybridized carbons (Fsp3) is 0.545. The van der Waals surface area contributed by atoms with Crippen molar-refractivity contribution in [2.45, 2.75) is 119 Å². The molecule has 72 heavy (non-hydrogen) atoms. The number of nitrogens with one attached hydrogen (secondary N) is 6. The minimum Gasteiger partial charge on any atom is -0.508 e. The summed E-state index contributed by atoms with van der Waals surface area (Å²) in [4.78, 5) is 157. The standard InChI is InChI=1S/C44H61N13O13S2/c45-25(19-71)41(66)55-11-1-4-31(55)40(65)53-29(17-35(47)60)43(68)57-13-3-6-33(57)39(64)51-27(15-23-18-48-21-49-23)37(62)52-28(16-34(46)59)42(67)56-12-2-5-32(56)38(63)50-26(14-22-7-9-24(58)10-8-22)36(61)54-30(20-72)44(69)70/h7-10,18,21,25-33,58,71-72H,1-6,11-17,19-20,45H2,(H2,46,59)(H2,47,60)(H,48,49)(H,50,63)(H,51,64)(H,52,62)(H,53,65)(H,54,61)(H,69,70). The van der Waals surface area contributed by atoms with Crippen LogP contribution < -0.4 is 43.8 Å². The van der Waals surface area contributed by atoms with E-state index in [1.54, 1.807) is 0 Å². The van der Waals surface area contributed by atoms with Crippen LogP contribution in [-0.2, 0) is 65.6 Å². The Labute approximate surface area is 423 Å². The lowest BCUT2D eigenvalue weighted by molar-refractivity contribution is -0.145. The van der Waals surface area contributed by atoms with Crippen molar-refractivity contribution in [3.63, 3.8) is 0 Å². The van der Waals surface area contributed by atoms with Crippen molar-refractivity contribution in [3.05, 3.63) is 48.0 Å². The Bertz CT molecular complexity index is 2340. The number of imidazole rings is 1. The molecule has 14 N–H and O–H groups in total. The summed E-state index contributed by atoms with van der Waals surface area (Å²) in [6, 6.07) is -6.29. The third-order valence-electron chi connectivity index (χ3n) is 12.5. The van der Waals surface area contributed by atoms with Crippen LogP contribution in [0.2, 0.25) is 0 Å². The summed E-state index contributed by atoms with van der Waals surface area (Å²) in [5.41, 5.74) is 17.8. The van der Waals surface area contributed by atoms with Gasteiger partial charge in [-0.3, -0.25) is 47.9 Å². The first kappa shape index (κ1) is 56.0. The molecular weight excluding hydrogens is 983 g/mol. The third-order valence-corrected chi connectivity index (χ3v) is 13.2. The summed E-state index contributed by atoms with van der Waals surface area (Å²) in [5.74, 6) is -10.2. The van der Waals surface area contributed by atoms with Gasteiger partial charge in [-0.1, -0.05) is 12.1 Å². The Morgan fingerprint density at radius 3 is 1.47 bits per heavy atom. The second kappa shape index (κ2) is 26.0. The fourth-order valence-electron chi connectivity index (χ4n) is 8.84. The molecule has 0 bridgehead atoms. The molecule has 1 aromatic heterocycles. The molecule has 0 spiro atoms. The number of primary amides is 2. The molecule has 0 aliphatic carbocycles. The number of likely N-dealkylation sites (tertiary alicyclic amines) is 3. The van der Waals surface area contributed by atoms with Gasteiger partial charge in [-0.15, -0.1) is 0 Å². The summed E-state index contributed by atoms with van der Waals surface area (Å²) in [7, 11) is 0. The van der Waals surface area contributed by atoms with Crippen LogP contribution in [0.25, 0.3) is 0 Å². The first-order chi connectivity index (χ1) is 34.2. The van der Waals surface area contributed by atoms with E-state index >= 15 is 0 Å². The lowest BCUT2D eigenvalue weighted by Crippen LogP contribution is -2.61. The number of carbonyl (C=O) groups is 11. The number of nitrogens with two attached hydrogens (primary N) is 3. The van der Waals surface area contributed by atoms with Crippen LogP contribution in [0.5, 0.6) is 5.75 Å². The maximum absolute atomic E-state index is 14.3. The van der Waals surface area contributed by atoms with E-state index in [9.17, 15) is 63.0 Å². The first-order valence-corrected chi connectivity index (χ1v) is 24.4. The van der Waals surface area contributed by atoms with Crippen molar-refractivity contribution in [1.29, 1.82) is 0 Å². The normalized spacial score (nSPS) is 20.0. The zero-order valence-electron chi connectivity index (χ0n) is 39.1. The summed E-state index contributed by atoms with van der Waals surface area (Å²) in [6.45, 7) is 0.199. The molecular formula is C44H61N13O13S2. The SMILES string of the molecule is NC(=O)CC(NC(=O)C(Cc1cnc[nH]1)NC(=O)C1CCCN1C(=O)C(CC(N)=O)NC(=O)C1CCCN1C(=O)C(N)CS)C(=O)N1CCCC1C(=O)NC(Cc1ccc(O)cc1)C(=O)NC(CS)C(=O)O. The molecule has 3 fully saturated rings. The van der Waals surface area contributed by atoms with Crippen LogP contribution in [0.1, 0.15) is 62.6 Å². The number of thiol groups is 2. The Hall–Kier alpha value is -6.94. The summed E-state index contributed by atoms with van der Waals surface area (Å²) >= 11 is 8.06. The van der Waals surface area contributed by atoms with Gasteiger partial charge >= 0.3 is 5.97 Å². The number of aromatic amines is 1. The highest BCUT2D eigenvalue weighted by Gasteiger charge is 2.44. The number of nitrogens with zero attached hydrogens (tertiary/aromatic N) is 4. The summed E-state index contributed by atoms with van der Waals surface area (Å²) in [6.07, 6.45) is 2.34. The second-order valence-corrected chi connectivity index (χ2v) is 18.4. The van der Waals surface area contributed by atoms with E-state index in [2.05, 4.69) is 61.8 Å². The van der Waals surface area contributed by atoms with Crippen molar-refractivity contribution in [2.24, 2.45) is 17.2 Å². The molecule has 9 unspecified atom stereocenters. The number of carboxylic acids is 1. The topological polar surface area (TPSA) is 405 Å². The number of amides is 10. The van der Waals surface area contributed by atoms with E-state index in [4.69, 9.17) is 17.2 Å². The predicted molar refractivity (Wildman–Crippen MR) is 259 cm³/mol. The van der Waals surface area contributed by atoms with Gasteiger partial charge in [0.2, 0.25) is 59.1 Å². The van der Waals surface area contributed by atoms with Crippen LogP contribution >= 0.6 is 25.3 Å². The fourth-order valence-corrected chi connectivity index (χ4v) is 9.24. The molecule has 1 aromatic carbocycles. The van der Waals surface area contributed by atoms with Gasteiger partial charge < -0.3 is 73.7 Å². The lowest BCUT2D eigenvalue weighted by Gasteiger charge is -2.32. The second-order valence-electron chi connectivity index (χ2n) is 17.7. The van der Waals surface area contributed by atoms with Crippen molar-refractivity contribution in [1.82, 2.24) is 51.3 Å². The molecule has 9 atom stereocenters. The average molecular weight is 1040 g/mol. The van der Waals surface area contributed by atoms with Crippen molar-refractivity contribution in [2.75, 3.05) is 31.1 Å². The van der Waals surface area contributed by atoms with Gasteiger partial charge in [-0.2, -0.15) is 25.3 Å². The Morgan fingerprint density at radius 1 is 0.625 bits per heavy atom. The quantitative estimate of drug-likeness (QED) is 0.0440. The van der Waals surface area contributed by atoms with Crippen LogP contribution in [0.4, 0.5) is 0 Å². The van der Waals surface area contributed by atoms with Gasteiger partial charge in [-0.05, 0) is 56.2 Å². The van der Waals surface area contributed by atoms with Gasteiger partial charge in [0.15, 0.2) is 0 Å². The molecule has 10 amide bonds. The number of carboxylic acid groups (broad SMARTS) is 1. The summed E-state index contributed by atoms with van der Waals surface area (Å²) in [5, 5.41) is 31.9. The minimum absolute atomic E-state index is 0.00477.